The molecule has 0 radical (unpaired) electrons. The molecule has 21 heavy (non-hydrogen) atoms. The molecule has 0 heterocycles. The molecule has 118 valence electrons. The molecule has 0 aliphatic carbocycles. The summed E-state index contributed by atoms with van der Waals surface area (Å²) in [7, 11) is 0. The predicted molar refractivity (Wildman–Crippen MR) is 71.0 cm³/mol. The minimum absolute atomic E-state index is 0.194. The SMILES string of the molecule is CCNC(COc1ccccc1C(F)(F)F)C(=O)OCC. The first-order chi connectivity index (χ1) is 9.90. The molecular weight excluding hydrogens is 287 g/mol. The fourth-order valence-corrected chi connectivity index (χ4v) is 1.70. The van der Waals surface area contributed by atoms with Crippen LogP contribution < -0.4 is 10.1 Å². The summed E-state index contributed by atoms with van der Waals surface area (Å²) in [5, 5.41) is 2.81. The van der Waals surface area contributed by atoms with Gasteiger partial charge in [-0.3, -0.25) is 4.79 Å². The van der Waals surface area contributed by atoms with Crippen molar-refractivity contribution in [2.75, 3.05) is 19.8 Å². The molecule has 0 saturated carbocycles. The number of ether oxygens (including phenoxy) is 2. The Hall–Kier alpha value is -1.76. The van der Waals surface area contributed by atoms with Gasteiger partial charge in [-0.15, -0.1) is 0 Å². The van der Waals surface area contributed by atoms with Gasteiger partial charge in [-0.2, -0.15) is 13.2 Å². The van der Waals surface area contributed by atoms with Crippen LogP contribution in [-0.2, 0) is 15.7 Å². The Morgan fingerprint density at radius 3 is 2.52 bits per heavy atom. The maximum atomic E-state index is 12.8. The summed E-state index contributed by atoms with van der Waals surface area (Å²) in [6, 6.07) is 4.06. The van der Waals surface area contributed by atoms with Crippen LogP contribution in [0.3, 0.4) is 0 Å². The number of carbonyl (C=O) groups excluding carboxylic acids is 1. The first-order valence-electron chi connectivity index (χ1n) is 6.59. The summed E-state index contributed by atoms with van der Waals surface area (Å²) < 4.78 is 48.4. The average Bonchev–Trinajstić information content (AvgIpc) is 2.43. The van der Waals surface area contributed by atoms with Crippen LogP contribution in [0.25, 0.3) is 0 Å². The van der Waals surface area contributed by atoms with E-state index in [9.17, 15) is 18.0 Å². The van der Waals surface area contributed by atoms with E-state index in [1.165, 1.54) is 18.2 Å². The highest BCUT2D eigenvalue weighted by molar-refractivity contribution is 5.76. The molecule has 0 spiro atoms. The number of hydrogen-bond acceptors (Lipinski definition) is 4. The van der Waals surface area contributed by atoms with Crippen molar-refractivity contribution in [1.29, 1.82) is 0 Å². The third kappa shape index (κ3) is 5.26. The van der Waals surface area contributed by atoms with Gasteiger partial charge in [0.15, 0.2) is 0 Å². The lowest BCUT2D eigenvalue weighted by Gasteiger charge is -2.19. The molecule has 0 aliphatic heterocycles. The van der Waals surface area contributed by atoms with Crippen LogP contribution in [0.2, 0.25) is 0 Å². The molecule has 0 saturated heterocycles. The van der Waals surface area contributed by atoms with Crippen molar-refractivity contribution in [2.45, 2.75) is 26.1 Å². The van der Waals surface area contributed by atoms with Gasteiger partial charge in [-0.05, 0) is 25.6 Å². The van der Waals surface area contributed by atoms with Crippen LogP contribution in [-0.4, -0.2) is 31.8 Å². The minimum atomic E-state index is -4.51. The molecule has 1 aromatic rings. The van der Waals surface area contributed by atoms with Crippen molar-refractivity contribution in [2.24, 2.45) is 0 Å². The zero-order valence-electron chi connectivity index (χ0n) is 11.9. The van der Waals surface area contributed by atoms with Crippen molar-refractivity contribution < 1.29 is 27.4 Å². The average molecular weight is 305 g/mol. The number of nitrogens with one attached hydrogen (secondary N) is 1. The molecule has 1 N–H and O–H groups in total. The number of likely N-dealkylation sites (N-methyl/N-ethyl adjacent to an activating group) is 1. The smallest absolute Gasteiger partial charge is 0.419 e. The Bertz CT molecular complexity index is 463. The Morgan fingerprint density at radius 1 is 1.29 bits per heavy atom. The number of benzene rings is 1. The van der Waals surface area contributed by atoms with Gasteiger partial charge < -0.3 is 14.8 Å². The molecule has 0 aliphatic rings. The fraction of sp³-hybridized carbons (Fsp3) is 0.500. The van der Waals surface area contributed by atoms with Gasteiger partial charge in [0.1, 0.15) is 18.4 Å². The van der Waals surface area contributed by atoms with Crippen molar-refractivity contribution >= 4 is 5.97 Å². The van der Waals surface area contributed by atoms with Crippen LogP contribution in [0.5, 0.6) is 5.75 Å². The lowest BCUT2D eigenvalue weighted by Crippen LogP contribution is -2.42. The van der Waals surface area contributed by atoms with Gasteiger partial charge in [-0.25, -0.2) is 0 Å². The van der Waals surface area contributed by atoms with E-state index in [0.717, 1.165) is 6.07 Å². The lowest BCUT2D eigenvalue weighted by atomic mass is 10.2. The maximum absolute atomic E-state index is 12.8. The standard InChI is InChI=1S/C14H18F3NO3/c1-3-18-11(13(19)20-4-2)9-21-12-8-6-5-7-10(12)14(15,16)17/h5-8,11,18H,3-4,9H2,1-2H3. The Balaban J connectivity index is 2.79. The molecule has 4 nitrogen and oxygen atoms in total. The zero-order chi connectivity index (χ0) is 15.9. The first kappa shape index (κ1) is 17.3. The highest BCUT2D eigenvalue weighted by atomic mass is 19.4. The second kappa shape index (κ2) is 7.87. The molecule has 1 atom stereocenters. The number of carbonyl (C=O) groups is 1. The van der Waals surface area contributed by atoms with Crippen LogP contribution in [0.15, 0.2) is 24.3 Å². The van der Waals surface area contributed by atoms with E-state index in [2.05, 4.69) is 5.32 Å². The molecule has 0 bridgehead atoms. The van der Waals surface area contributed by atoms with E-state index in [1.807, 2.05) is 0 Å². The predicted octanol–water partition coefficient (Wildman–Crippen LogP) is 2.63. The molecular formula is C14H18F3NO3. The second-order valence-corrected chi connectivity index (χ2v) is 4.17. The van der Waals surface area contributed by atoms with E-state index in [1.54, 1.807) is 13.8 Å². The molecule has 0 fully saturated rings. The van der Waals surface area contributed by atoms with Crippen molar-refractivity contribution in [3.05, 3.63) is 29.8 Å². The molecule has 1 unspecified atom stereocenters. The van der Waals surface area contributed by atoms with Crippen molar-refractivity contribution in [3.8, 4) is 5.75 Å². The minimum Gasteiger partial charge on any atom is -0.491 e. The number of esters is 1. The molecule has 0 aromatic heterocycles. The summed E-state index contributed by atoms with van der Waals surface area (Å²) in [5.41, 5.74) is -0.871. The van der Waals surface area contributed by atoms with E-state index in [-0.39, 0.29) is 19.0 Å². The number of hydrogen-bond donors (Lipinski definition) is 1. The van der Waals surface area contributed by atoms with Gasteiger partial charge >= 0.3 is 12.1 Å². The Labute approximate surface area is 121 Å². The number of para-hydroxylation sites is 1. The summed E-state index contributed by atoms with van der Waals surface area (Å²) in [6.45, 7) is 3.85. The quantitative estimate of drug-likeness (QED) is 0.787. The van der Waals surface area contributed by atoms with Gasteiger partial charge in [0.25, 0.3) is 0 Å². The molecule has 0 amide bonds. The van der Waals surface area contributed by atoms with Crippen molar-refractivity contribution in [1.82, 2.24) is 5.32 Å². The second-order valence-electron chi connectivity index (χ2n) is 4.17. The topological polar surface area (TPSA) is 47.6 Å². The fourth-order valence-electron chi connectivity index (χ4n) is 1.70. The third-order valence-electron chi connectivity index (χ3n) is 2.62. The lowest BCUT2D eigenvalue weighted by molar-refractivity contribution is -0.146. The zero-order valence-corrected chi connectivity index (χ0v) is 11.9. The molecule has 1 rings (SSSR count). The monoisotopic (exact) mass is 305 g/mol. The summed E-state index contributed by atoms with van der Waals surface area (Å²) in [6.07, 6.45) is -4.51. The summed E-state index contributed by atoms with van der Waals surface area (Å²) in [5.74, 6) is -0.860. The number of halogens is 3. The summed E-state index contributed by atoms with van der Waals surface area (Å²) >= 11 is 0. The van der Waals surface area contributed by atoms with Gasteiger partial charge in [0, 0.05) is 0 Å². The van der Waals surface area contributed by atoms with E-state index in [4.69, 9.17) is 9.47 Å². The van der Waals surface area contributed by atoms with Gasteiger partial charge in [0.05, 0.1) is 12.2 Å². The van der Waals surface area contributed by atoms with E-state index >= 15 is 0 Å². The van der Waals surface area contributed by atoms with Crippen molar-refractivity contribution in [3.63, 3.8) is 0 Å². The Morgan fingerprint density at radius 2 is 1.95 bits per heavy atom. The largest absolute Gasteiger partial charge is 0.491 e. The highest BCUT2D eigenvalue weighted by Crippen LogP contribution is 2.35. The Kier molecular flexibility index (Phi) is 6.48. The van der Waals surface area contributed by atoms with E-state index < -0.39 is 23.8 Å². The van der Waals surface area contributed by atoms with E-state index in [0.29, 0.717) is 6.54 Å². The number of alkyl halides is 3. The third-order valence-corrected chi connectivity index (χ3v) is 2.62. The normalized spacial score (nSPS) is 12.8. The van der Waals surface area contributed by atoms with Crippen LogP contribution in [0, 0.1) is 0 Å². The van der Waals surface area contributed by atoms with Gasteiger partial charge in [-0.1, -0.05) is 19.1 Å². The van der Waals surface area contributed by atoms with Crippen LogP contribution >= 0.6 is 0 Å². The summed E-state index contributed by atoms with van der Waals surface area (Å²) in [4.78, 5) is 11.6. The highest BCUT2D eigenvalue weighted by Gasteiger charge is 2.34. The molecule has 1 aromatic carbocycles. The van der Waals surface area contributed by atoms with Crippen LogP contribution in [0.4, 0.5) is 13.2 Å². The van der Waals surface area contributed by atoms with Crippen LogP contribution in [0.1, 0.15) is 19.4 Å². The van der Waals surface area contributed by atoms with Gasteiger partial charge in [0.2, 0.25) is 0 Å². The maximum Gasteiger partial charge on any atom is 0.419 e. The number of rotatable bonds is 7. The first-order valence-corrected chi connectivity index (χ1v) is 6.59. The molecule has 7 heteroatoms.